The molecule has 0 bridgehead atoms. The molecule has 0 atom stereocenters. The molecule has 0 radical (unpaired) electrons. The van der Waals surface area contributed by atoms with Crippen LogP contribution >= 0.6 is 0 Å². The lowest BCUT2D eigenvalue weighted by Crippen LogP contribution is -2.50. The lowest BCUT2D eigenvalue weighted by Gasteiger charge is -2.34. The molecule has 176 valence electrons. The maximum absolute atomic E-state index is 12.6. The first-order chi connectivity index (χ1) is 17.1. The van der Waals surface area contributed by atoms with Gasteiger partial charge in [-0.3, -0.25) is 4.79 Å². The van der Waals surface area contributed by atoms with Crippen LogP contribution < -0.4 is 4.90 Å². The third-order valence-corrected chi connectivity index (χ3v) is 5.42. The van der Waals surface area contributed by atoms with Crippen LogP contribution in [-0.4, -0.2) is 69.3 Å². The van der Waals surface area contributed by atoms with Crippen LogP contribution in [0.25, 0.3) is 17.5 Å². The van der Waals surface area contributed by atoms with Gasteiger partial charge in [0.05, 0.1) is 11.8 Å². The molecule has 5 heterocycles. The van der Waals surface area contributed by atoms with Gasteiger partial charge in [-0.2, -0.15) is 15.3 Å². The Bertz CT molecular complexity index is 1350. The zero-order valence-electron chi connectivity index (χ0n) is 18.4. The number of carbonyl (C=O) groups is 2. The third-order valence-electron chi connectivity index (χ3n) is 5.42. The zero-order valence-corrected chi connectivity index (χ0v) is 18.4. The number of esters is 1. The second kappa shape index (κ2) is 9.52. The van der Waals surface area contributed by atoms with Crippen molar-refractivity contribution in [2.75, 3.05) is 37.7 Å². The van der Waals surface area contributed by atoms with Gasteiger partial charge in [0.25, 0.3) is 11.8 Å². The van der Waals surface area contributed by atoms with Gasteiger partial charge < -0.3 is 23.4 Å². The van der Waals surface area contributed by atoms with Gasteiger partial charge in [-0.05, 0) is 30.3 Å². The van der Waals surface area contributed by atoms with E-state index in [1.165, 1.54) is 12.5 Å². The van der Waals surface area contributed by atoms with Crippen molar-refractivity contribution >= 4 is 17.8 Å². The summed E-state index contributed by atoms with van der Waals surface area (Å²) >= 11 is 0. The minimum atomic E-state index is -0.637. The molecule has 4 aromatic heterocycles. The van der Waals surface area contributed by atoms with Crippen LogP contribution in [0.4, 0.5) is 5.88 Å². The number of aromatic nitrogens is 4. The molecular weight excluding hydrogens is 454 g/mol. The Hall–Kier alpha value is -4.92. The molecule has 1 aliphatic heterocycles. The molecule has 12 heteroatoms. The number of hydrogen-bond acceptors (Lipinski definition) is 10. The number of nitrogens with zero attached hydrogens (tertiary/aromatic N) is 7. The number of amides is 1. The van der Waals surface area contributed by atoms with Gasteiger partial charge in [0.2, 0.25) is 11.6 Å². The van der Waals surface area contributed by atoms with Crippen molar-refractivity contribution in [1.82, 2.24) is 24.6 Å². The molecule has 12 nitrogen and oxygen atoms in total. The highest BCUT2D eigenvalue weighted by atomic mass is 16.5. The Morgan fingerprint density at radius 1 is 1.14 bits per heavy atom. The fraction of sp³-hybridized carbons (Fsp3) is 0.217. The van der Waals surface area contributed by atoms with Crippen LogP contribution in [0.15, 0.2) is 64.0 Å². The number of oxazole rings is 1. The highest BCUT2D eigenvalue weighted by molar-refractivity contribution is 5.91. The van der Waals surface area contributed by atoms with Crippen molar-refractivity contribution in [2.45, 2.75) is 0 Å². The maximum Gasteiger partial charge on any atom is 0.340 e. The molecular formula is C23H19N7O5. The molecule has 0 spiro atoms. The number of anilines is 1. The number of ether oxygens (including phenoxy) is 1. The van der Waals surface area contributed by atoms with Crippen LogP contribution in [-0.2, 0) is 9.53 Å². The third kappa shape index (κ3) is 4.60. The summed E-state index contributed by atoms with van der Waals surface area (Å²) in [7, 11) is 0. The number of nitriles is 1. The predicted octanol–water partition coefficient (Wildman–Crippen LogP) is 1.89. The van der Waals surface area contributed by atoms with Crippen molar-refractivity contribution < 1.29 is 23.2 Å². The van der Waals surface area contributed by atoms with Crippen LogP contribution in [0.3, 0.4) is 0 Å². The molecule has 5 rings (SSSR count). The Morgan fingerprint density at radius 3 is 2.66 bits per heavy atom. The SMILES string of the molecule is N#Cc1nc(-c2ccco2)oc1N1CCN(C(=O)COC(=O)c2ccc(-n3cccn3)nc2)CC1. The summed E-state index contributed by atoms with van der Waals surface area (Å²) in [6.45, 7) is 1.23. The summed E-state index contributed by atoms with van der Waals surface area (Å²) in [5.74, 6) is 0.594. The molecule has 1 fully saturated rings. The molecule has 0 aromatic carbocycles. The summed E-state index contributed by atoms with van der Waals surface area (Å²) in [6, 6.07) is 10.4. The average molecular weight is 473 g/mol. The van der Waals surface area contributed by atoms with Crippen molar-refractivity contribution in [2.24, 2.45) is 0 Å². The molecule has 1 saturated heterocycles. The van der Waals surface area contributed by atoms with Crippen LogP contribution in [0, 0.1) is 11.3 Å². The van der Waals surface area contributed by atoms with E-state index in [1.807, 2.05) is 11.0 Å². The van der Waals surface area contributed by atoms with E-state index in [4.69, 9.17) is 13.6 Å². The Labute approximate surface area is 199 Å². The molecule has 1 aliphatic rings. The minimum absolute atomic E-state index is 0.150. The highest BCUT2D eigenvalue weighted by Crippen LogP contribution is 2.29. The summed E-state index contributed by atoms with van der Waals surface area (Å²) < 4.78 is 17.8. The molecule has 4 aromatic rings. The van der Waals surface area contributed by atoms with Crippen LogP contribution in [0.2, 0.25) is 0 Å². The second-order valence-electron chi connectivity index (χ2n) is 7.56. The lowest BCUT2D eigenvalue weighted by atomic mass is 10.3. The quantitative estimate of drug-likeness (QED) is 0.381. The Morgan fingerprint density at radius 2 is 2.00 bits per heavy atom. The van der Waals surface area contributed by atoms with Crippen molar-refractivity contribution in [1.29, 1.82) is 5.26 Å². The zero-order chi connectivity index (χ0) is 24.2. The highest BCUT2D eigenvalue weighted by Gasteiger charge is 2.27. The molecule has 0 saturated carbocycles. The second-order valence-corrected chi connectivity index (χ2v) is 7.56. The first-order valence-electron chi connectivity index (χ1n) is 10.7. The maximum atomic E-state index is 12.6. The lowest BCUT2D eigenvalue weighted by molar-refractivity contribution is -0.134. The standard InChI is InChI=1S/C23H19N7O5/c24-13-17-22(35-21(27-17)18-3-1-12-33-18)29-10-8-28(9-11-29)20(31)15-34-23(32)16-4-5-19(25-14-16)30-7-2-6-26-30/h1-7,12,14H,8-11,15H2. The van der Waals surface area contributed by atoms with Crippen molar-refractivity contribution in [3.05, 3.63) is 66.4 Å². The summed E-state index contributed by atoms with van der Waals surface area (Å²) in [6.07, 6.45) is 6.24. The fourth-order valence-electron chi connectivity index (χ4n) is 3.61. The van der Waals surface area contributed by atoms with Gasteiger partial charge in [0.1, 0.15) is 6.07 Å². The van der Waals surface area contributed by atoms with Crippen LogP contribution in [0.5, 0.6) is 0 Å². The van der Waals surface area contributed by atoms with Gasteiger partial charge in [0.15, 0.2) is 18.2 Å². The summed E-state index contributed by atoms with van der Waals surface area (Å²) in [5, 5.41) is 13.5. The largest absolute Gasteiger partial charge is 0.459 e. The average Bonchev–Trinajstić information content (AvgIpc) is 3.69. The Kier molecular flexibility index (Phi) is 5.96. The molecule has 1 amide bonds. The molecule has 0 aliphatic carbocycles. The first kappa shape index (κ1) is 21.9. The van der Waals surface area contributed by atoms with Gasteiger partial charge in [-0.1, -0.05) is 0 Å². The van der Waals surface area contributed by atoms with Gasteiger partial charge in [-0.25, -0.2) is 14.5 Å². The summed E-state index contributed by atoms with van der Waals surface area (Å²) in [5.41, 5.74) is 0.387. The van der Waals surface area contributed by atoms with E-state index in [1.54, 1.807) is 52.3 Å². The first-order valence-corrected chi connectivity index (χ1v) is 10.7. The number of carbonyl (C=O) groups excluding carboxylic acids is 2. The van der Waals surface area contributed by atoms with E-state index in [0.29, 0.717) is 43.6 Å². The number of furan rings is 1. The smallest absolute Gasteiger partial charge is 0.340 e. The molecule has 0 unspecified atom stereocenters. The van der Waals surface area contributed by atoms with E-state index >= 15 is 0 Å². The van der Waals surface area contributed by atoms with E-state index in [-0.39, 0.29) is 29.7 Å². The Balaban J connectivity index is 1.14. The number of hydrogen-bond donors (Lipinski definition) is 0. The van der Waals surface area contributed by atoms with Crippen molar-refractivity contribution in [3.63, 3.8) is 0 Å². The van der Waals surface area contributed by atoms with E-state index in [9.17, 15) is 14.9 Å². The fourth-order valence-corrected chi connectivity index (χ4v) is 3.61. The predicted molar refractivity (Wildman–Crippen MR) is 119 cm³/mol. The normalized spacial score (nSPS) is 13.5. The monoisotopic (exact) mass is 473 g/mol. The van der Waals surface area contributed by atoms with Crippen LogP contribution in [0.1, 0.15) is 16.1 Å². The summed E-state index contributed by atoms with van der Waals surface area (Å²) in [4.78, 5) is 36.7. The number of rotatable bonds is 6. The van der Waals surface area contributed by atoms with E-state index in [0.717, 1.165) is 0 Å². The minimum Gasteiger partial charge on any atom is -0.459 e. The van der Waals surface area contributed by atoms with E-state index < -0.39 is 5.97 Å². The van der Waals surface area contributed by atoms with Gasteiger partial charge in [-0.15, -0.1) is 0 Å². The van der Waals surface area contributed by atoms with Crippen molar-refractivity contribution in [3.8, 4) is 23.5 Å². The number of pyridine rings is 1. The van der Waals surface area contributed by atoms with Gasteiger partial charge in [0, 0.05) is 44.8 Å². The number of piperazine rings is 1. The van der Waals surface area contributed by atoms with Gasteiger partial charge >= 0.3 is 5.97 Å². The topological polar surface area (TPSA) is 144 Å². The molecule has 0 N–H and O–H groups in total. The molecule has 35 heavy (non-hydrogen) atoms. The van der Waals surface area contributed by atoms with E-state index in [2.05, 4.69) is 15.1 Å².